The molecule has 1 atom stereocenters. The first kappa shape index (κ1) is 13.2. The van der Waals surface area contributed by atoms with Crippen LogP contribution in [-0.4, -0.2) is 29.6 Å². The zero-order chi connectivity index (χ0) is 12.7. The molecule has 0 unspecified atom stereocenters. The van der Waals surface area contributed by atoms with E-state index in [1.54, 1.807) is 0 Å². The number of aliphatic hydroxyl groups is 1. The third kappa shape index (κ3) is 5.12. The summed E-state index contributed by atoms with van der Waals surface area (Å²) in [5, 5.41) is 11.1. The lowest BCUT2D eigenvalue weighted by atomic mass is 10.2. The quantitative estimate of drug-likeness (QED) is 0.719. The van der Waals surface area contributed by atoms with Gasteiger partial charge in [-0.05, 0) is 12.5 Å². The molecule has 0 aliphatic rings. The molecule has 92 valence electrons. The molecule has 5 heteroatoms. The molecule has 1 aromatic carbocycles. The van der Waals surface area contributed by atoms with Gasteiger partial charge in [0.15, 0.2) is 0 Å². The van der Waals surface area contributed by atoms with E-state index < -0.39 is 18.0 Å². The average molecular weight is 237 g/mol. The highest BCUT2D eigenvalue weighted by Crippen LogP contribution is 2.00. The van der Waals surface area contributed by atoms with Crippen LogP contribution in [0.5, 0.6) is 0 Å². The van der Waals surface area contributed by atoms with Gasteiger partial charge >= 0.3 is 5.97 Å². The van der Waals surface area contributed by atoms with Gasteiger partial charge in [0, 0.05) is 0 Å². The highest BCUT2D eigenvalue weighted by molar-refractivity contribution is 5.84. The van der Waals surface area contributed by atoms with E-state index in [4.69, 9.17) is 9.84 Å². The first-order chi connectivity index (χ1) is 8.09. The number of esters is 1. The van der Waals surface area contributed by atoms with Crippen molar-refractivity contribution in [2.75, 3.05) is 6.54 Å². The van der Waals surface area contributed by atoms with Gasteiger partial charge < -0.3 is 15.2 Å². The molecule has 1 amide bonds. The Kier molecular flexibility index (Phi) is 5.16. The van der Waals surface area contributed by atoms with Gasteiger partial charge in [-0.3, -0.25) is 9.59 Å². The molecule has 0 fully saturated rings. The third-order valence-corrected chi connectivity index (χ3v) is 2.03. The maximum absolute atomic E-state index is 11.2. The number of hydrogen-bond donors (Lipinski definition) is 2. The maximum atomic E-state index is 11.2. The fourth-order valence-corrected chi connectivity index (χ4v) is 1.10. The van der Waals surface area contributed by atoms with Crippen molar-refractivity contribution >= 4 is 11.9 Å². The number of hydrogen-bond acceptors (Lipinski definition) is 4. The van der Waals surface area contributed by atoms with Crippen LogP contribution >= 0.6 is 0 Å². The fraction of sp³-hybridized carbons (Fsp3) is 0.333. The molecule has 1 aromatic rings. The fourth-order valence-electron chi connectivity index (χ4n) is 1.10. The topological polar surface area (TPSA) is 75.6 Å². The van der Waals surface area contributed by atoms with Crippen molar-refractivity contribution in [3.8, 4) is 0 Å². The molecule has 0 aliphatic heterocycles. The largest absolute Gasteiger partial charge is 0.460 e. The van der Waals surface area contributed by atoms with Crippen molar-refractivity contribution in [3.05, 3.63) is 35.9 Å². The van der Waals surface area contributed by atoms with E-state index in [0.29, 0.717) is 0 Å². The summed E-state index contributed by atoms with van der Waals surface area (Å²) in [5.74, 6) is -1.13. The Morgan fingerprint density at radius 3 is 2.59 bits per heavy atom. The SMILES string of the molecule is C[C@@H](O)C(=O)NCC(=O)OCc1ccccc1. The van der Waals surface area contributed by atoms with Crippen molar-refractivity contribution in [1.82, 2.24) is 5.32 Å². The minimum Gasteiger partial charge on any atom is -0.460 e. The number of carbonyl (C=O) groups is 2. The molecule has 1 rings (SSSR count). The number of aliphatic hydroxyl groups excluding tert-OH is 1. The van der Waals surface area contributed by atoms with Gasteiger partial charge in [-0.1, -0.05) is 30.3 Å². The van der Waals surface area contributed by atoms with Crippen LogP contribution in [0.1, 0.15) is 12.5 Å². The summed E-state index contributed by atoms with van der Waals surface area (Å²) in [4.78, 5) is 22.2. The number of nitrogens with one attached hydrogen (secondary N) is 1. The predicted octanol–water partition coefficient (Wildman–Crippen LogP) is 0.227. The van der Waals surface area contributed by atoms with Crippen molar-refractivity contribution in [1.29, 1.82) is 0 Å². The molecule has 0 spiro atoms. The van der Waals surface area contributed by atoms with Crippen LogP contribution in [0.15, 0.2) is 30.3 Å². The summed E-state index contributed by atoms with van der Waals surface area (Å²) in [7, 11) is 0. The molecule has 0 heterocycles. The Hall–Kier alpha value is -1.88. The summed E-state index contributed by atoms with van der Waals surface area (Å²) in [6.07, 6.45) is -1.13. The third-order valence-electron chi connectivity index (χ3n) is 2.03. The lowest BCUT2D eigenvalue weighted by molar-refractivity contribution is -0.145. The van der Waals surface area contributed by atoms with Crippen molar-refractivity contribution in [2.45, 2.75) is 19.6 Å². The standard InChI is InChI=1S/C12H15NO4/c1-9(14)12(16)13-7-11(15)17-8-10-5-3-2-4-6-10/h2-6,9,14H,7-8H2,1H3,(H,13,16)/t9-/m1/s1. The van der Waals surface area contributed by atoms with Gasteiger partial charge in [0.2, 0.25) is 5.91 Å². The van der Waals surface area contributed by atoms with E-state index in [1.807, 2.05) is 30.3 Å². The second kappa shape index (κ2) is 6.65. The molecule has 0 aromatic heterocycles. The lowest BCUT2D eigenvalue weighted by Gasteiger charge is -2.07. The molecule has 0 aliphatic carbocycles. The van der Waals surface area contributed by atoms with Gasteiger partial charge in [0.05, 0.1) is 0 Å². The summed E-state index contributed by atoms with van der Waals surface area (Å²) < 4.78 is 4.92. The number of amides is 1. The molecule has 5 nitrogen and oxygen atoms in total. The van der Waals surface area contributed by atoms with Crippen LogP contribution in [0.3, 0.4) is 0 Å². The normalized spacial score (nSPS) is 11.6. The zero-order valence-electron chi connectivity index (χ0n) is 9.55. The van der Waals surface area contributed by atoms with E-state index in [1.165, 1.54) is 6.92 Å². The van der Waals surface area contributed by atoms with Crippen LogP contribution in [0.2, 0.25) is 0 Å². The molecule has 2 N–H and O–H groups in total. The number of benzene rings is 1. The summed E-state index contributed by atoms with van der Waals surface area (Å²) in [5.41, 5.74) is 0.878. The zero-order valence-corrected chi connectivity index (χ0v) is 9.55. The minimum absolute atomic E-state index is 0.171. The second-order valence-corrected chi connectivity index (χ2v) is 3.54. The molecule has 0 saturated carbocycles. The van der Waals surface area contributed by atoms with Crippen LogP contribution in [0, 0.1) is 0 Å². The lowest BCUT2D eigenvalue weighted by Crippen LogP contribution is -2.36. The monoisotopic (exact) mass is 237 g/mol. The van der Waals surface area contributed by atoms with Crippen LogP contribution in [-0.2, 0) is 20.9 Å². The number of rotatable bonds is 5. The molecule has 0 bridgehead atoms. The first-order valence-corrected chi connectivity index (χ1v) is 5.25. The van der Waals surface area contributed by atoms with E-state index in [-0.39, 0.29) is 13.2 Å². The number of ether oxygens (including phenoxy) is 1. The highest BCUT2D eigenvalue weighted by atomic mass is 16.5. The smallest absolute Gasteiger partial charge is 0.325 e. The predicted molar refractivity (Wildman–Crippen MR) is 60.9 cm³/mol. The summed E-state index contributed by atoms with van der Waals surface area (Å²) >= 11 is 0. The van der Waals surface area contributed by atoms with E-state index in [9.17, 15) is 9.59 Å². The second-order valence-electron chi connectivity index (χ2n) is 3.54. The van der Waals surface area contributed by atoms with E-state index in [2.05, 4.69) is 5.32 Å². The van der Waals surface area contributed by atoms with Gasteiger partial charge in [-0.25, -0.2) is 0 Å². The van der Waals surface area contributed by atoms with Gasteiger partial charge in [-0.15, -0.1) is 0 Å². The Labute approximate surface area is 99.4 Å². The first-order valence-electron chi connectivity index (χ1n) is 5.25. The van der Waals surface area contributed by atoms with Crippen molar-refractivity contribution in [2.24, 2.45) is 0 Å². The summed E-state index contributed by atoms with van der Waals surface area (Å²) in [6, 6.07) is 9.23. The van der Waals surface area contributed by atoms with Gasteiger partial charge in [0.25, 0.3) is 0 Å². The average Bonchev–Trinajstić information content (AvgIpc) is 2.34. The highest BCUT2D eigenvalue weighted by Gasteiger charge is 2.10. The molecule has 0 radical (unpaired) electrons. The van der Waals surface area contributed by atoms with Gasteiger partial charge in [-0.2, -0.15) is 0 Å². The van der Waals surface area contributed by atoms with Crippen molar-refractivity contribution < 1.29 is 19.4 Å². The molecular formula is C12H15NO4. The Bertz CT molecular complexity index is 375. The van der Waals surface area contributed by atoms with E-state index in [0.717, 1.165) is 5.56 Å². The van der Waals surface area contributed by atoms with E-state index >= 15 is 0 Å². The molecule has 0 saturated heterocycles. The van der Waals surface area contributed by atoms with Gasteiger partial charge in [0.1, 0.15) is 19.3 Å². The van der Waals surface area contributed by atoms with Crippen LogP contribution in [0.4, 0.5) is 0 Å². The van der Waals surface area contributed by atoms with Crippen LogP contribution < -0.4 is 5.32 Å². The van der Waals surface area contributed by atoms with Crippen LogP contribution in [0.25, 0.3) is 0 Å². The summed E-state index contributed by atoms with van der Waals surface area (Å²) in [6.45, 7) is 1.26. The number of carbonyl (C=O) groups excluding carboxylic acids is 2. The Balaban J connectivity index is 2.24. The minimum atomic E-state index is -1.13. The molecular weight excluding hydrogens is 222 g/mol. The Morgan fingerprint density at radius 1 is 1.35 bits per heavy atom. The van der Waals surface area contributed by atoms with Crippen molar-refractivity contribution in [3.63, 3.8) is 0 Å². The molecule has 17 heavy (non-hydrogen) atoms. The Morgan fingerprint density at radius 2 is 2.00 bits per heavy atom. The maximum Gasteiger partial charge on any atom is 0.325 e.